The molecule has 2 aromatic heterocycles. The van der Waals surface area contributed by atoms with Gasteiger partial charge in [0.05, 0.1) is 12.2 Å². The Morgan fingerprint density at radius 1 is 1.10 bits per heavy atom. The molecule has 0 spiro atoms. The number of ether oxygens (including phenoxy) is 2. The molecular formula is C24H29N3O4. The predicted octanol–water partition coefficient (Wildman–Crippen LogP) is 3.94. The fourth-order valence-corrected chi connectivity index (χ4v) is 4.43. The minimum atomic E-state index is -0.431. The number of aromatic amines is 2. The summed E-state index contributed by atoms with van der Waals surface area (Å²) in [6.07, 6.45) is 1.81. The van der Waals surface area contributed by atoms with Gasteiger partial charge in [0.25, 0.3) is 5.91 Å². The molecule has 7 nitrogen and oxygen atoms in total. The van der Waals surface area contributed by atoms with Gasteiger partial charge in [-0.05, 0) is 49.8 Å². The van der Waals surface area contributed by atoms with Crippen LogP contribution in [-0.4, -0.2) is 60.2 Å². The first-order valence-corrected chi connectivity index (χ1v) is 10.7. The quantitative estimate of drug-likeness (QED) is 0.464. The fraction of sp³-hybridized carbons (Fsp3) is 0.417. The smallest absolute Gasteiger partial charge is 0.340 e. The molecule has 164 valence electrons. The lowest BCUT2D eigenvalue weighted by atomic mass is 9.93. The van der Waals surface area contributed by atoms with Gasteiger partial charge in [0.15, 0.2) is 0 Å². The van der Waals surface area contributed by atoms with E-state index in [2.05, 4.69) is 28.2 Å². The number of fused-ring (bicyclic) bond motifs is 1. The van der Waals surface area contributed by atoms with E-state index < -0.39 is 5.97 Å². The monoisotopic (exact) mass is 423 g/mol. The summed E-state index contributed by atoms with van der Waals surface area (Å²) in [6, 6.07) is 10.5. The first-order valence-electron chi connectivity index (χ1n) is 10.7. The standard InChI is InChI=1S/C24H29N3O4/c1-15-21(24(29)31-13-12-30-3)16(2)25-22(15)23(28)27-10-8-17(9-11-27)20-14-18-6-4-5-7-19(18)26-20/h4-7,14,17,25-26H,8-13H2,1-3H3. The average Bonchev–Trinajstić information content (AvgIpc) is 3.34. The van der Waals surface area contributed by atoms with E-state index in [0.717, 1.165) is 18.4 Å². The van der Waals surface area contributed by atoms with Crippen LogP contribution in [0.3, 0.4) is 0 Å². The molecule has 1 saturated heterocycles. The number of carbonyl (C=O) groups excluding carboxylic acids is 2. The highest BCUT2D eigenvalue weighted by Gasteiger charge is 2.29. The summed E-state index contributed by atoms with van der Waals surface area (Å²) in [5, 5.41) is 1.22. The Bertz CT molecular complexity index is 1060. The molecule has 4 rings (SSSR count). The number of piperidine rings is 1. The molecule has 31 heavy (non-hydrogen) atoms. The number of nitrogens with zero attached hydrogens (tertiary/aromatic N) is 1. The maximum absolute atomic E-state index is 13.2. The van der Waals surface area contributed by atoms with Gasteiger partial charge in [-0.1, -0.05) is 18.2 Å². The molecule has 3 heterocycles. The summed E-state index contributed by atoms with van der Waals surface area (Å²) < 4.78 is 10.2. The van der Waals surface area contributed by atoms with Gasteiger partial charge in [0.1, 0.15) is 12.3 Å². The minimum absolute atomic E-state index is 0.0633. The van der Waals surface area contributed by atoms with Crippen LogP contribution in [0, 0.1) is 13.8 Å². The van der Waals surface area contributed by atoms with Crippen LogP contribution in [0.2, 0.25) is 0 Å². The topological polar surface area (TPSA) is 87.4 Å². The lowest BCUT2D eigenvalue weighted by Crippen LogP contribution is -2.38. The van der Waals surface area contributed by atoms with Gasteiger partial charge >= 0.3 is 5.97 Å². The number of carbonyl (C=O) groups is 2. The Morgan fingerprint density at radius 2 is 1.84 bits per heavy atom. The summed E-state index contributed by atoms with van der Waals surface area (Å²) in [7, 11) is 1.55. The lowest BCUT2D eigenvalue weighted by Gasteiger charge is -2.31. The Hall–Kier alpha value is -3.06. The number of hydrogen-bond donors (Lipinski definition) is 2. The summed E-state index contributed by atoms with van der Waals surface area (Å²) in [5.74, 6) is -0.0826. The zero-order valence-corrected chi connectivity index (χ0v) is 18.3. The van der Waals surface area contributed by atoms with Crippen molar-refractivity contribution in [2.24, 2.45) is 0 Å². The molecule has 1 aliphatic rings. The van der Waals surface area contributed by atoms with Crippen molar-refractivity contribution in [2.45, 2.75) is 32.6 Å². The molecule has 1 fully saturated rings. The van der Waals surface area contributed by atoms with Crippen molar-refractivity contribution in [3.05, 3.63) is 58.5 Å². The van der Waals surface area contributed by atoms with E-state index in [9.17, 15) is 9.59 Å². The number of likely N-dealkylation sites (tertiary alicyclic amines) is 1. The van der Waals surface area contributed by atoms with Crippen molar-refractivity contribution < 1.29 is 19.1 Å². The molecule has 0 aliphatic carbocycles. The highest BCUT2D eigenvalue weighted by molar-refractivity contribution is 6.00. The van der Waals surface area contributed by atoms with Crippen LogP contribution < -0.4 is 0 Å². The van der Waals surface area contributed by atoms with E-state index >= 15 is 0 Å². The minimum Gasteiger partial charge on any atom is -0.460 e. The molecule has 1 amide bonds. The maximum Gasteiger partial charge on any atom is 0.340 e. The van der Waals surface area contributed by atoms with Gasteiger partial charge in [-0.3, -0.25) is 4.79 Å². The molecule has 0 radical (unpaired) electrons. The van der Waals surface area contributed by atoms with Gasteiger partial charge in [0, 0.05) is 43.0 Å². The number of benzene rings is 1. The first-order chi connectivity index (χ1) is 15.0. The van der Waals surface area contributed by atoms with Crippen LogP contribution in [-0.2, 0) is 9.47 Å². The van der Waals surface area contributed by atoms with Crippen LogP contribution in [0.25, 0.3) is 10.9 Å². The van der Waals surface area contributed by atoms with Gasteiger partial charge in [0.2, 0.25) is 0 Å². The third-order valence-corrected chi connectivity index (χ3v) is 6.15. The molecule has 0 unspecified atom stereocenters. The molecule has 7 heteroatoms. The number of aromatic nitrogens is 2. The Labute approximate surface area is 181 Å². The second-order valence-electron chi connectivity index (χ2n) is 8.13. The Morgan fingerprint density at radius 3 is 2.55 bits per heavy atom. The number of methoxy groups -OCH3 is 1. The third kappa shape index (κ3) is 4.23. The van der Waals surface area contributed by atoms with Gasteiger partial charge in [-0.15, -0.1) is 0 Å². The third-order valence-electron chi connectivity index (χ3n) is 6.15. The van der Waals surface area contributed by atoms with Crippen molar-refractivity contribution in [2.75, 3.05) is 33.4 Å². The SMILES string of the molecule is COCCOC(=O)c1c(C)[nH]c(C(=O)N2CCC(c3cc4ccccc4[nH]3)CC2)c1C. The zero-order chi connectivity index (χ0) is 22.0. The number of aryl methyl sites for hydroxylation is 1. The number of hydrogen-bond acceptors (Lipinski definition) is 4. The lowest BCUT2D eigenvalue weighted by molar-refractivity contribution is 0.0387. The van der Waals surface area contributed by atoms with Gasteiger partial charge < -0.3 is 24.3 Å². The molecule has 0 saturated carbocycles. The van der Waals surface area contributed by atoms with E-state index in [1.807, 2.05) is 17.0 Å². The van der Waals surface area contributed by atoms with E-state index in [-0.39, 0.29) is 12.5 Å². The first kappa shape index (κ1) is 21.2. The largest absolute Gasteiger partial charge is 0.460 e. The average molecular weight is 424 g/mol. The van der Waals surface area contributed by atoms with Crippen LogP contribution >= 0.6 is 0 Å². The van der Waals surface area contributed by atoms with E-state index in [1.165, 1.54) is 11.1 Å². The second-order valence-corrected chi connectivity index (χ2v) is 8.13. The van der Waals surface area contributed by atoms with Crippen molar-refractivity contribution in [1.82, 2.24) is 14.9 Å². The number of nitrogens with one attached hydrogen (secondary N) is 2. The van der Waals surface area contributed by atoms with Crippen LogP contribution in [0.4, 0.5) is 0 Å². The normalized spacial score (nSPS) is 14.9. The summed E-state index contributed by atoms with van der Waals surface area (Å²) >= 11 is 0. The molecule has 3 aromatic rings. The maximum atomic E-state index is 13.2. The second kappa shape index (κ2) is 8.98. The molecule has 0 bridgehead atoms. The Balaban J connectivity index is 1.42. The van der Waals surface area contributed by atoms with Crippen LogP contribution in [0.5, 0.6) is 0 Å². The van der Waals surface area contributed by atoms with Crippen molar-refractivity contribution >= 4 is 22.8 Å². The zero-order valence-electron chi connectivity index (χ0n) is 18.3. The number of esters is 1. The van der Waals surface area contributed by atoms with Crippen molar-refractivity contribution in [1.29, 1.82) is 0 Å². The molecule has 1 aromatic carbocycles. The van der Waals surface area contributed by atoms with E-state index in [4.69, 9.17) is 9.47 Å². The fourth-order valence-electron chi connectivity index (χ4n) is 4.43. The summed E-state index contributed by atoms with van der Waals surface area (Å²) in [5.41, 5.74) is 4.59. The van der Waals surface area contributed by atoms with Crippen molar-refractivity contribution in [3.8, 4) is 0 Å². The number of H-pyrrole nitrogens is 2. The summed E-state index contributed by atoms with van der Waals surface area (Å²) in [4.78, 5) is 34.1. The van der Waals surface area contributed by atoms with Gasteiger partial charge in [-0.2, -0.15) is 0 Å². The number of rotatable bonds is 6. The highest BCUT2D eigenvalue weighted by Crippen LogP contribution is 2.31. The molecule has 1 aliphatic heterocycles. The van der Waals surface area contributed by atoms with Crippen molar-refractivity contribution in [3.63, 3.8) is 0 Å². The van der Waals surface area contributed by atoms with E-state index in [1.54, 1.807) is 21.0 Å². The molecule has 2 N–H and O–H groups in total. The predicted molar refractivity (Wildman–Crippen MR) is 119 cm³/mol. The van der Waals surface area contributed by atoms with Gasteiger partial charge in [-0.25, -0.2) is 4.79 Å². The highest BCUT2D eigenvalue weighted by atomic mass is 16.6. The molecule has 0 atom stereocenters. The van der Waals surface area contributed by atoms with Crippen LogP contribution in [0.15, 0.2) is 30.3 Å². The summed E-state index contributed by atoms with van der Waals surface area (Å²) in [6.45, 7) is 5.48. The Kier molecular flexibility index (Phi) is 6.13. The molecular weight excluding hydrogens is 394 g/mol. The van der Waals surface area contributed by atoms with Crippen LogP contribution in [0.1, 0.15) is 56.6 Å². The number of amides is 1. The number of para-hydroxylation sites is 1. The van der Waals surface area contributed by atoms with E-state index in [0.29, 0.717) is 48.1 Å².